The van der Waals surface area contributed by atoms with Gasteiger partial charge in [0.25, 0.3) is 5.91 Å². The van der Waals surface area contributed by atoms with Gasteiger partial charge in [0.15, 0.2) is 5.65 Å². The van der Waals surface area contributed by atoms with Gasteiger partial charge in [-0.1, -0.05) is 23.7 Å². The monoisotopic (exact) mass is 464 g/mol. The number of benzene rings is 2. The summed E-state index contributed by atoms with van der Waals surface area (Å²) in [6, 6.07) is 14.3. The van der Waals surface area contributed by atoms with Crippen molar-refractivity contribution in [3.05, 3.63) is 76.6 Å². The summed E-state index contributed by atoms with van der Waals surface area (Å²) in [6.45, 7) is 1.89. The van der Waals surface area contributed by atoms with Crippen LogP contribution in [0.5, 0.6) is 5.75 Å². The molecule has 4 rings (SSSR count). The van der Waals surface area contributed by atoms with Crippen molar-refractivity contribution in [3.63, 3.8) is 0 Å². The number of carbonyl (C=O) groups excluding carboxylic acids is 1. The average Bonchev–Trinajstić information content (AvgIpc) is 3.18. The lowest BCUT2D eigenvalue weighted by Crippen LogP contribution is -2.21. The highest BCUT2D eigenvalue weighted by atomic mass is 35.5. The summed E-state index contributed by atoms with van der Waals surface area (Å²) in [5, 5.41) is 14.7. The summed E-state index contributed by atoms with van der Waals surface area (Å²) in [5.74, 6) is 0.420. The van der Waals surface area contributed by atoms with Gasteiger partial charge in [-0.2, -0.15) is 5.10 Å². The van der Waals surface area contributed by atoms with Crippen LogP contribution in [0.2, 0.25) is 5.02 Å². The summed E-state index contributed by atoms with van der Waals surface area (Å²) in [5.41, 5.74) is 3.51. The molecule has 2 aromatic heterocycles. The molecule has 4 aromatic rings. The first-order valence-electron chi connectivity index (χ1n) is 10.1. The minimum absolute atomic E-state index is 0.0207. The number of aromatic nitrogens is 3. The van der Waals surface area contributed by atoms with Crippen molar-refractivity contribution >= 4 is 34.6 Å². The van der Waals surface area contributed by atoms with Crippen LogP contribution in [0.15, 0.2) is 54.7 Å². The number of ether oxygens (including phenoxy) is 1. The van der Waals surface area contributed by atoms with Crippen molar-refractivity contribution in [1.29, 1.82) is 0 Å². The first kappa shape index (κ1) is 22.3. The minimum atomic E-state index is -1.23. The van der Waals surface area contributed by atoms with E-state index in [1.165, 1.54) is 11.1 Å². The number of nitrogens with zero attached hydrogens (tertiary/aromatic N) is 4. The second-order valence-electron chi connectivity index (χ2n) is 7.68. The molecule has 0 aliphatic heterocycles. The van der Waals surface area contributed by atoms with E-state index in [4.69, 9.17) is 16.3 Å². The SMILES string of the molecule is Cc1cc(OCc2nn(C(=O)O)c3ncccc23)c(-c2cccc(C(=O)N(C)C)c2)cc1Cl. The Morgan fingerprint density at radius 3 is 2.67 bits per heavy atom. The molecule has 1 N–H and O–H groups in total. The summed E-state index contributed by atoms with van der Waals surface area (Å²) >= 11 is 6.40. The largest absolute Gasteiger partial charge is 0.487 e. The molecular weight excluding hydrogens is 444 g/mol. The van der Waals surface area contributed by atoms with Gasteiger partial charge in [0.2, 0.25) is 0 Å². The second kappa shape index (κ2) is 8.91. The number of hydrogen-bond donors (Lipinski definition) is 1. The maximum atomic E-state index is 12.4. The first-order chi connectivity index (χ1) is 15.8. The third-order valence-electron chi connectivity index (χ3n) is 5.15. The summed E-state index contributed by atoms with van der Waals surface area (Å²) in [4.78, 5) is 29.6. The molecule has 9 heteroatoms. The highest BCUT2D eigenvalue weighted by Gasteiger charge is 2.18. The van der Waals surface area contributed by atoms with E-state index >= 15 is 0 Å². The van der Waals surface area contributed by atoms with Crippen LogP contribution in [0.3, 0.4) is 0 Å². The van der Waals surface area contributed by atoms with E-state index in [0.717, 1.165) is 15.8 Å². The van der Waals surface area contributed by atoms with E-state index in [1.54, 1.807) is 50.5 Å². The lowest BCUT2D eigenvalue weighted by molar-refractivity contribution is 0.0827. The highest BCUT2D eigenvalue weighted by Crippen LogP contribution is 2.36. The molecule has 0 aliphatic rings. The van der Waals surface area contributed by atoms with Gasteiger partial charge in [0.1, 0.15) is 18.1 Å². The molecule has 1 amide bonds. The van der Waals surface area contributed by atoms with Crippen LogP contribution in [-0.2, 0) is 6.61 Å². The summed E-state index contributed by atoms with van der Waals surface area (Å²) in [6.07, 6.45) is 0.284. The van der Waals surface area contributed by atoms with Crippen molar-refractivity contribution in [2.24, 2.45) is 0 Å². The maximum Gasteiger partial charge on any atom is 0.434 e. The van der Waals surface area contributed by atoms with Crippen LogP contribution in [-0.4, -0.2) is 50.9 Å². The Hall–Kier alpha value is -3.91. The molecule has 168 valence electrons. The lowest BCUT2D eigenvalue weighted by Gasteiger charge is -2.15. The van der Waals surface area contributed by atoms with Crippen LogP contribution >= 0.6 is 11.6 Å². The third kappa shape index (κ3) is 4.38. The van der Waals surface area contributed by atoms with E-state index in [1.807, 2.05) is 19.1 Å². The smallest absolute Gasteiger partial charge is 0.434 e. The molecule has 2 heterocycles. The molecule has 0 atom stereocenters. The van der Waals surface area contributed by atoms with Crippen molar-refractivity contribution in [2.75, 3.05) is 14.1 Å². The molecule has 2 aromatic carbocycles. The fourth-order valence-electron chi connectivity index (χ4n) is 3.48. The molecular formula is C24H21ClN4O4. The number of halogens is 1. The van der Waals surface area contributed by atoms with Gasteiger partial charge in [-0.25, -0.2) is 9.78 Å². The van der Waals surface area contributed by atoms with Crippen molar-refractivity contribution in [1.82, 2.24) is 19.7 Å². The quantitative estimate of drug-likeness (QED) is 0.452. The van der Waals surface area contributed by atoms with E-state index in [2.05, 4.69) is 10.1 Å². The summed E-state index contributed by atoms with van der Waals surface area (Å²) < 4.78 is 6.94. The number of carboxylic acid groups (broad SMARTS) is 1. The number of fused-ring (bicyclic) bond motifs is 1. The van der Waals surface area contributed by atoms with Gasteiger partial charge in [-0.15, -0.1) is 4.68 Å². The van der Waals surface area contributed by atoms with Crippen LogP contribution < -0.4 is 4.74 Å². The minimum Gasteiger partial charge on any atom is -0.487 e. The van der Waals surface area contributed by atoms with E-state index in [9.17, 15) is 14.7 Å². The Bertz CT molecular complexity index is 1380. The van der Waals surface area contributed by atoms with Gasteiger partial charge in [0, 0.05) is 41.8 Å². The molecule has 0 spiro atoms. The van der Waals surface area contributed by atoms with E-state index < -0.39 is 6.09 Å². The normalized spacial score (nSPS) is 10.9. The van der Waals surface area contributed by atoms with E-state index in [0.29, 0.717) is 33.0 Å². The molecule has 33 heavy (non-hydrogen) atoms. The van der Waals surface area contributed by atoms with Crippen molar-refractivity contribution in [2.45, 2.75) is 13.5 Å². The zero-order valence-electron chi connectivity index (χ0n) is 18.2. The maximum absolute atomic E-state index is 12.4. The predicted octanol–water partition coefficient (Wildman–Crippen LogP) is 4.87. The number of aryl methyl sites for hydroxylation is 1. The molecule has 0 bridgehead atoms. The van der Waals surface area contributed by atoms with E-state index in [-0.39, 0.29) is 18.2 Å². The van der Waals surface area contributed by atoms with Crippen LogP contribution in [0.1, 0.15) is 21.6 Å². The fraction of sp³-hybridized carbons (Fsp3) is 0.167. The standard InChI is InChI=1S/C24H21ClN4O4/c1-14-10-21(33-13-20-17-8-5-9-26-22(17)29(27-20)24(31)32)18(12-19(14)25)15-6-4-7-16(11-15)23(30)28(2)3/h4-12H,13H2,1-3H3,(H,31,32). The van der Waals surface area contributed by atoms with Crippen molar-refractivity contribution in [3.8, 4) is 16.9 Å². The summed E-state index contributed by atoms with van der Waals surface area (Å²) in [7, 11) is 3.39. The van der Waals surface area contributed by atoms with Gasteiger partial charge < -0.3 is 14.7 Å². The van der Waals surface area contributed by atoms with Gasteiger partial charge in [0.05, 0.1) is 0 Å². The van der Waals surface area contributed by atoms with Gasteiger partial charge >= 0.3 is 6.09 Å². The Balaban J connectivity index is 1.73. The van der Waals surface area contributed by atoms with Crippen LogP contribution in [0.25, 0.3) is 22.2 Å². The zero-order chi connectivity index (χ0) is 23.7. The molecule has 0 unspecified atom stereocenters. The second-order valence-corrected chi connectivity index (χ2v) is 8.09. The Kier molecular flexibility index (Phi) is 6.02. The number of amides is 1. The van der Waals surface area contributed by atoms with Crippen molar-refractivity contribution < 1.29 is 19.4 Å². The fourth-order valence-corrected chi connectivity index (χ4v) is 3.64. The zero-order valence-corrected chi connectivity index (χ0v) is 19.0. The molecule has 0 saturated heterocycles. The van der Waals surface area contributed by atoms with Crippen LogP contribution in [0, 0.1) is 6.92 Å². The first-order valence-corrected chi connectivity index (χ1v) is 10.4. The average molecular weight is 465 g/mol. The number of hydrogen-bond acceptors (Lipinski definition) is 5. The number of rotatable bonds is 5. The van der Waals surface area contributed by atoms with Gasteiger partial charge in [-0.05, 0) is 54.4 Å². The highest BCUT2D eigenvalue weighted by molar-refractivity contribution is 6.31. The lowest BCUT2D eigenvalue weighted by atomic mass is 10.00. The topological polar surface area (TPSA) is 97.5 Å². The number of carbonyl (C=O) groups is 2. The number of pyridine rings is 1. The molecule has 0 saturated carbocycles. The molecule has 0 fully saturated rings. The predicted molar refractivity (Wildman–Crippen MR) is 125 cm³/mol. The Morgan fingerprint density at radius 1 is 1.15 bits per heavy atom. The Labute approximate surface area is 195 Å². The molecule has 0 aliphatic carbocycles. The van der Waals surface area contributed by atoms with Gasteiger partial charge in [-0.3, -0.25) is 4.79 Å². The van der Waals surface area contributed by atoms with Crippen LogP contribution in [0.4, 0.5) is 4.79 Å². The Morgan fingerprint density at radius 2 is 1.94 bits per heavy atom. The third-order valence-corrected chi connectivity index (χ3v) is 5.56. The molecule has 8 nitrogen and oxygen atoms in total. The molecule has 0 radical (unpaired) electrons.